The molecule has 0 bridgehead atoms. The standard InChI is InChI=1S/C23H24FN3O3/c1-15-12-26(13-16(2)30-15)23(28)21-14-27(19-9-7-18(24)8-10-19)25-22(21)17-5-4-6-20(11-17)29-3/h4-11,14-16H,12-13H2,1-3H3/t15-,16-/m0/s1. The maximum atomic E-state index is 13.5. The van der Waals surface area contributed by atoms with Gasteiger partial charge in [-0.15, -0.1) is 0 Å². The molecule has 3 aromatic rings. The summed E-state index contributed by atoms with van der Waals surface area (Å²) in [5.74, 6) is 0.241. The molecule has 1 fully saturated rings. The van der Waals surface area contributed by atoms with E-state index in [0.29, 0.717) is 35.8 Å². The lowest BCUT2D eigenvalue weighted by molar-refractivity contribution is -0.0586. The van der Waals surface area contributed by atoms with E-state index in [1.807, 2.05) is 38.1 Å². The van der Waals surface area contributed by atoms with Crippen molar-refractivity contribution < 1.29 is 18.7 Å². The quantitative estimate of drug-likeness (QED) is 0.655. The highest BCUT2D eigenvalue weighted by Gasteiger charge is 2.29. The van der Waals surface area contributed by atoms with Crippen LogP contribution in [0.15, 0.2) is 54.7 Å². The molecule has 1 aliphatic rings. The number of morpholine rings is 1. The molecule has 0 aliphatic carbocycles. The maximum absolute atomic E-state index is 13.5. The lowest BCUT2D eigenvalue weighted by Gasteiger charge is -2.35. The second-order valence-electron chi connectivity index (χ2n) is 7.51. The third kappa shape index (κ3) is 4.07. The summed E-state index contributed by atoms with van der Waals surface area (Å²) in [6.07, 6.45) is 1.63. The predicted octanol–water partition coefficient (Wildman–Crippen LogP) is 3.94. The van der Waals surface area contributed by atoms with E-state index in [-0.39, 0.29) is 23.9 Å². The Labute approximate surface area is 174 Å². The first-order valence-corrected chi connectivity index (χ1v) is 9.89. The van der Waals surface area contributed by atoms with E-state index in [0.717, 1.165) is 5.56 Å². The topological polar surface area (TPSA) is 56.6 Å². The minimum atomic E-state index is -0.327. The number of benzene rings is 2. The molecule has 4 rings (SSSR count). The molecule has 0 saturated carbocycles. The highest BCUT2D eigenvalue weighted by atomic mass is 19.1. The number of aromatic nitrogens is 2. The molecule has 6 nitrogen and oxygen atoms in total. The third-order valence-electron chi connectivity index (χ3n) is 5.09. The van der Waals surface area contributed by atoms with Gasteiger partial charge in [0.05, 0.1) is 30.6 Å². The fourth-order valence-electron chi connectivity index (χ4n) is 3.75. The molecular formula is C23H24FN3O3. The van der Waals surface area contributed by atoms with Crippen LogP contribution in [0.25, 0.3) is 16.9 Å². The van der Waals surface area contributed by atoms with Crippen LogP contribution in [0, 0.1) is 5.82 Å². The van der Waals surface area contributed by atoms with E-state index in [9.17, 15) is 9.18 Å². The van der Waals surface area contributed by atoms with Gasteiger partial charge < -0.3 is 14.4 Å². The molecule has 156 valence electrons. The smallest absolute Gasteiger partial charge is 0.257 e. The van der Waals surface area contributed by atoms with Crippen LogP contribution in [0.5, 0.6) is 5.75 Å². The number of halogens is 1. The number of nitrogens with zero attached hydrogens (tertiary/aromatic N) is 3. The molecule has 0 spiro atoms. The van der Waals surface area contributed by atoms with E-state index < -0.39 is 0 Å². The summed E-state index contributed by atoms with van der Waals surface area (Å²) in [4.78, 5) is 15.3. The summed E-state index contributed by atoms with van der Waals surface area (Å²) in [6, 6.07) is 13.4. The van der Waals surface area contributed by atoms with Gasteiger partial charge in [-0.1, -0.05) is 12.1 Å². The van der Waals surface area contributed by atoms with Gasteiger partial charge in [-0.25, -0.2) is 9.07 Å². The van der Waals surface area contributed by atoms with Gasteiger partial charge in [-0.2, -0.15) is 5.10 Å². The Balaban J connectivity index is 1.78. The first-order valence-electron chi connectivity index (χ1n) is 9.89. The van der Waals surface area contributed by atoms with Gasteiger partial charge in [0, 0.05) is 24.8 Å². The molecular weight excluding hydrogens is 385 g/mol. The molecule has 1 amide bonds. The van der Waals surface area contributed by atoms with Gasteiger partial charge in [-0.05, 0) is 50.2 Å². The van der Waals surface area contributed by atoms with Crippen molar-refractivity contribution in [2.24, 2.45) is 0 Å². The maximum Gasteiger partial charge on any atom is 0.257 e. The number of hydrogen-bond acceptors (Lipinski definition) is 4. The fourth-order valence-corrected chi connectivity index (χ4v) is 3.75. The third-order valence-corrected chi connectivity index (χ3v) is 5.09. The Morgan fingerprint density at radius 3 is 2.50 bits per heavy atom. The van der Waals surface area contributed by atoms with Gasteiger partial charge in [-0.3, -0.25) is 4.79 Å². The largest absolute Gasteiger partial charge is 0.497 e. The van der Waals surface area contributed by atoms with Crippen molar-refractivity contribution in [1.29, 1.82) is 0 Å². The van der Waals surface area contributed by atoms with Crippen molar-refractivity contribution in [1.82, 2.24) is 14.7 Å². The van der Waals surface area contributed by atoms with Gasteiger partial charge in [0.25, 0.3) is 5.91 Å². The first-order chi connectivity index (χ1) is 14.4. The Morgan fingerprint density at radius 1 is 1.13 bits per heavy atom. The SMILES string of the molecule is COc1cccc(-c2nn(-c3ccc(F)cc3)cc2C(=O)N2C[C@H](C)O[C@@H](C)C2)c1. The number of hydrogen-bond donors (Lipinski definition) is 0. The summed E-state index contributed by atoms with van der Waals surface area (Å²) in [5, 5.41) is 4.67. The molecule has 0 N–H and O–H groups in total. The van der Waals surface area contributed by atoms with Crippen molar-refractivity contribution in [3.8, 4) is 22.7 Å². The van der Waals surface area contributed by atoms with Crippen LogP contribution < -0.4 is 4.74 Å². The second kappa shape index (κ2) is 8.28. The van der Waals surface area contributed by atoms with Crippen LogP contribution in [-0.4, -0.2) is 53.0 Å². The molecule has 0 radical (unpaired) electrons. The number of carbonyl (C=O) groups is 1. The van der Waals surface area contributed by atoms with Crippen LogP contribution in [0.1, 0.15) is 24.2 Å². The lowest BCUT2D eigenvalue weighted by Crippen LogP contribution is -2.48. The minimum Gasteiger partial charge on any atom is -0.497 e. The molecule has 1 aromatic heterocycles. The average molecular weight is 409 g/mol. The van der Waals surface area contributed by atoms with Crippen molar-refractivity contribution in [3.63, 3.8) is 0 Å². The van der Waals surface area contributed by atoms with E-state index in [2.05, 4.69) is 5.10 Å². The number of ether oxygens (including phenoxy) is 2. The van der Waals surface area contributed by atoms with E-state index in [1.165, 1.54) is 12.1 Å². The molecule has 1 saturated heterocycles. The summed E-state index contributed by atoms with van der Waals surface area (Å²) >= 11 is 0. The zero-order chi connectivity index (χ0) is 21.3. The van der Waals surface area contributed by atoms with Crippen molar-refractivity contribution in [2.75, 3.05) is 20.2 Å². The summed E-state index contributed by atoms with van der Waals surface area (Å²) in [5.41, 5.74) is 2.47. The number of carbonyl (C=O) groups excluding carboxylic acids is 1. The lowest BCUT2D eigenvalue weighted by atomic mass is 10.1. The van der Waals surface area contributed by atoms with Crippen LogP contribution >= 0.6 is 0 Å². The van der Waals surface area contributed by atoms with Gasteiger partial charge in [0.1, 0.15) is 17.3 Å². The van der Waals surface area contributed by atoms with Crippen LogP contribution in [0.3, 0.4) is 0 Å². The Bertz CT molecular complexity index is 1040. The zero-order valence-corrected chi connectivity index (χ0v) is 17.2. The van der Waals surface area contributed by atoms with E-state index in [4.69, 9.17) is 9.47 Å². The van der Waals surface area contributed by atoms with Crippen LogP contribution in [0.4, 0.5) is 4.39 Å². The summed E-state index contributed by atoms with van der Waals surface area (Å²) in [6.45, 7) is 4.95. The van der Waals surface area contributed by atoms with Crippen molar-refractivity contribution >= 4 is 5.91 Å². The summed E-state index contributed by atoms with van der Waals surface area (Å²) in [7, 11) is 1.60. The highest BCUT2D eigenvalue weighted by molar-refractivity contribution is 6.00. The van der Waals surface area contributed by atoms with Crippen LogP contribution in [0.2, 0.25) is 0 Å². The predicted molar refractivity (Wildman–Crippen MR) is 111 cm³/mol. The van der Waals surface area contributed by atoms with Crippen molar-refractivity contribution in [2.45, 2.75) is 26.1 Å². The average Bonchev–Trinajstić information content (AvgIpc) is 3.18. The molecule has 2 atom stereocenters. The number of methoxy groups -OCH3 is 1. The second-order valence-corrected chi connectivity index (χ2v) is 7.51. The fraction of sp³-hybridized carbons (Fsp3) is 0.304. The Hall–Kier alpha value is -3.19. The van der Waals surface area contributed by atoms with Gasteiger partial charge >= 0.3 is 0 Å². The van der Waals surface area contributed by atoms with E-state index in [1.54, 1.807) is 35.0 Å². The van der Waals surface area contributed by atoms with Crippen molar-refractivity contribution in [3.05, 3.63) is 66.1 Å². The molecule has 2 heterocycles. The Morgan fingerprint density at radius 2 is 1.83 bits per heavy atom. The zero-order valence-electron chi connectivity index (χ0n) is 17.2. The molecule has 1 aliphatic heterocycles. The Kier molecular flexibility index (Phi) is 5.55. The van der Waals surface area contributed by atoms with Crippen LogP contribution in [-0.2, 0) is 4.74 Å². The van der Waals surface area contributed by atoms with Gasteiger partial charge in [0.2, 0.25) is 0 Å². The normalized spacial score (nSPS) is 19.0. The van der Waals surface area contributed by atoms with E-state index >= 15 is 0 Å². The minimum absolute atomic E-state index is 0.0369. The molecule has 7 heteroatoms. The highest BCUT2D eigenvalue weighted by Crippen LogP contribution is 2.28. The number of rotatable bonds is 4. The molecule has 2 aromatic carbocycles. The van der Waals surface area contributed by atoms with Gasteiger partial charge in [0.15, 0.2) is 0 Å². The summed E-state index contributed by atoms with van der Waals surface area (Å²) < 4.78 is 26.1. The monoisotopic (exact) mass is 409 g/mol. The molecule has 0 unspecified atom stereocenters. The molecule has 30 heavy (non-hydrogen) atoms. The number of amides is 1. The first kappa shape index (κ1) is 20.1.